The van der Waals surface area contributed by atoms with Crippen LogP contribution in [0, 0.1) is 0 Å². The number of hydrogen-bond acceptors (Lipinski definition) is 3. The largest absolute Gasteiger partial charge is 0.399 e. The Balaban J connectivity index is 2.53. The Bertz CT molecular complexity index is 433. The van der Waals surface area contributed by atoms with Crippen LogP contribution in [0.1, 0.15) is 45.2 Å². The number of carbonyl (C=O) groups excluding carboxylic acids is 1. The topological polar surface area (TPSA) is 58.4 Å². The first kappa shape index (κ1) is 16.5. The van der Waals surface area contributed by atoms with E-state index in [2.05, 4.69) is 19.2 Å². The van der Waals surface area contributed by atoms with Gasteiger partial charge in [0.15, 0.2) is 0 Å². The highest BCUT2D eigenvalue weighted by molar-refractivity contribution is 5.78. The third kappa shape index (κ3) is 5.21. The van der Waals surface area contributed by atoms with E-state index in [4.69, 9.17) is 5.73 Å². The van der Waals surface area contributed by atoms with Crippen LogP contribution in [0.2, 0.25) is 0 Å². The van der Waals surface area contributed by atoms with Gasteiger partial charge in [0.2, 0.25) is 5.91 Å². The van der Waals surface area contributed by atoms with Crippen molar-refractivity contribution in [3.05, 3.63) is 29.8 Å². The number of anilines is 1. The molecule has 4 nitrogen and oxygen atoms in total. The lowest BCUT2D eigenvalue weighted by molar-refractivity contribution is -0.123. The van der Waals surface area contributed by atoms with E-state index in [0.717, 1.165) is 24.1 Å². The fraction of sp³-hybridized carbons (Fsp3) is 0.562. The highest BCUT2D eigenvalue weighted by Crippen LogP contribution is 2.20. The number of nitrogens with two attached hydrogens (primary N) is 1. The van der Waals surface area contributed by atoms with Crippen molar-refractivity contribution < 1.29 is 4.79 Å². The molecule has 2 unspecified atom stereocenters. The second-order valence-corrected chi connectivity index (χ2v) is 5.52. The molecule has 1 aromatic rings. The van der Waals surface area contributed by atoms with Crippen molar-refractivity contribution in [3.8, 4) is 0 Å². The summed E-state index contributed by atoms with van der Waals surface area (Å²) in [5.74, 6) is 0.0733. The van der Waals surface area contributed by atoms with Crippen LogP contribution < -0.4 is 11.1 Å². The molecule has 0 fully saturated rings. The van der Waals surface area contributed by atoms with Gasteiger partial charge in [0.25, 0.3) is 0 Å². The summed E-state index contributed by atoms with van der Waals surface area (Å²) in [6.45, 7) is 6.64. The Kier molecular flexibility index (Phi) is 6.52. The second kappa shape index (κ2) is 7.90. The molecule has 0 aliphatic rings. The van der Waals surface area contributed by atoms with Gasteiger partial charge in [-0.1, -0.05) is 25.5 Å². The van der Waals surface area contributed by atoms with E-state index in [1.807, 2.05) is 43.1 Å². The zero-order valence-corrected chi connectivity index (χ0v) is 13.0. The molecule has 0 saturated carbocycles. The molecule has 4 heteroatoms. The van der Waals surface area contributed by atoms with Crippen LogP contribution in [0.3, 0.4) is 0 Å². The smallest absolute Gasteiger partial charge is 0.234 e. The average molecular weight is 277 g/mol. The molecule has 1 aromatic carbocycles. The summed E-state index contributed by atoms with van der Waals surface area (Å²) in [5, 5.41) is 3.02. The highest BCUT2D eigenvalue weighted by atomic mass is 16.2. The fourth-order valence-electron chi connectivity index (χ4n) is 2.26. The predicted octanol–water partition coefficient (Wildman–Crippen LogP) is 2.57. The van der Waals surface area contributed by atoms with E-state index in [0.29, 0.717) is 6.54 Å². The van der Waals surface area contributed by atoms with Gasteiger partial charge in [0, 0.05) is 17.8 Å². The number of likely N-dealkylation sites (N-methyl/N-ethyl adjacent to an activating group) is 1. The van der Waals surface area contributed by atoms with Crippen LogP contribution >= 0.6 is 0 Å². The van der Waals surface area contributed by atoms with E-state index in [-0.39, 0.29) is 18.0 Å². The van der Waals surface area contributed by atoms with Gasteiger partial charge >= 0.3 is 0 Å². The van der Waals surface area contributed by atoms with Crippen LogP contribution in [0.25, 0.3) is 0 Å². The summed E-state index contributed by atoms with van der Waals surface area (Å²) in [6.07, 6.45) is 2.09. The summed E-state index contributed by atoms with van der Waals surface area (Å²) in [7, 11) is 1.96. The van der Waals surface area contributed by atoms with Crippen LogP contribution in [-0.4, -0.2) is 30.4 Å². The van der Waals surface area contributed by atoms with Crippen molar-refractivity contribution in [2.45, 2.75) is 45.7 Å². The van der Waals surface area contributed by atoms with Gasteiger partial charge in [-0.25, -0.2) is 0 Å². The summed E-state index contributed by atoms with van der Waals surface area (Å²) in [5.41, 5.74) is 7.68. The molecule has 0 aliphatic heterocycles. The SMILES string of the molecule is CCCC(C)NC(=O)CN(C)C(C)c1cccc(N)c1. The minimum atomic E-state index is 0.0733. The van der Waals surface area contributed by atoms with E-state index >= 15 is 0 Å². The molecule has 2 atom stereocenters. The van der Waals surface area contributed by atoms with Crippen LogP contribution in [-0.2, 0) is 4.79 Å². The van der Waals surface area contributed by atoms with Gasteiger partial charge < -0.3 is 11.1 Å². The molecule has 112 valence electrons. The Hall–Kier alpha value is -1.55. The number of hydrogen-bond donors (Lipinski definition) is 2. The van der Waals surface area contributed by atoms with Crippen molar-refractivity contribution in [3.63, 3.8) is 0 Å². The van der Waals surface area contributed by atoms with Gasteiger partial charge in [0.05, 0.1) is 6.54 Å². The molecule has 3 N–H and O–H groups in total. The van der Waals surface area contributed by atoms with Crippen LogP contribution in [0.4, 0.5) is 5.69 Å². The second-order valence-electron chi connectivity index (χ2n) is 5.52. The number of nitrogen functional groups attached to an aromatic ring is 1. The molecule has 0 saturated heterocycles. The maximum Gasteiger partial charge on any atom is 0.234 e. The summed E-state index contributed by atoms with van der Waals surface area (Å²) in [6, 6.07) is 8.20. The summed E-state index contributed by atoms with van der Waals surface area (Å²) >= 11 is 0. The lowest BCUT2D eigenvalue weighted by Gasteiger charge is -2.25. The standard InChI is InChI=1S/C16H27N3O/c1-5-7-12(2)18-16(20)11-19(4)13(3)14-8-6-9-15(17)10-14/h6,8-10,12-13H,5,7,11,17H2,1-4H3,(H,18,20). The minimum absolute atomic E-state index is 0.0733. The molecule has 0 radical (unpaired) electrons. The average Bonchev–Trinajstić information content (AvgIpc) is 2.37. The fourth-order valence-corrected chi connectivity index (χ4v) is 2.26. The third-order valence-electron chi connectivity index (χ3n) is 3.58. The maximum absolute atomic E-state index is 12.0. The van der Waals surface area contributed by atoms with Crippen molar-refractivity contribution >= 4 is 11.6 Å². The Morgan fingerprint density at radius 3 is 2.70 bits per heavy atom. The van der Waals surface area contributed by atoms with Crippen molar-refractivity contribution in [1.82, 2.24) is 10.2 Å². The van der Waals surface area contributed by atoms with Crippen molar-refractivity contribution in [2.24, 2.45) is 0 Å². The monoisotopic (exact) mass is 277 g/mol. The first-order valence-corrected chi connectivity index (χ1v) is 7.29. The number of amides is 1. The minimum Gasteiger partial charge on any atom is -0.399 e. The van der Waals surface area contributed by atoms with Crippen LogP contribution in [0.5, 0.6) is 0 Å². The quantitative estimate of drug-likeness (QED) is 0.753. The van der Waals surface area contributed by atoms with Gasteiger partial charge in [-0.2, -0.15) is 0 Å². The first-order chi connectivity index (χ1) is 9.43. The molecule has 0 spiro atoms. The normalized spacial score (nSPS) is 14.1. The summed E-state index contributed by atoms with van der Waals surface area (Å²) < 4.78 is 0. The van der Waals surface area contributed by atoms with Gasteiger partial charge in [0.1, 0.15) is 0 Å². The first-order valence-electron chi connectivity index (χ1n) is 7.29. The van der Waals surface area contributed by atoms with Crippen molar-refractivity contribution in [1.29, 1.82) is 0 Å². The predicted molar refractivity (Wildman–Crippen MR) is 84.4 cm³/mol. The third-order valence-corrected chi connectivity index (χ3v) is 3.58. The molecule has 0 aliphatic carbocycles. The lowest BCUT2D eigenvalue weighted by Crippen LogP contribution is -2.40. The maximum atomic E-state index is 12.0. The molecule has 0 heterocycles. The van der Waals surface area contributed by atoms with E-state index in [1.54, 1.807) is 0 Å². The number of carbonyl (C=O) groups is 1. The van der Waals surface area contributed by atoms with E-state index < -0.39 is 0 Å². The number of rotatable bonds is 7. The molecule has 0 aromatic heterocycles. The van der Waals surface area contributed by atoms with Crippen LogP contribution in [0.15, 0.2) is 24.3 Å². The molecular weight excluding hydrogens is 250 g/mol. The number of nitrogens with one attached hydrogen (secondary N) is 1. The van der Waals surface area contributed by atoms with Gasteiger partial charge in [-0.15, -0.1) is 0 Å². The molecule has 1 amide bonds. The van der Waals surface area contributed by atoms with Gasteiger partial charge in [-0.05, 0) is 45.0 Å². The summed E-state index contributed by atoms with van der Waals surface area (Å²) in [4.78, 5) is 14.0. The zero-order valence-electron chi connectivity index (χ0n) is 13.0. The Morgan fingerprint density at radius 1 is 1.40 bits per heavy atom. The van der Waals surface area contributed by atoms with Gasteiger partial charge in [-0.3, -0.25) is 9.69 Å². The molecule has 0 bridgehead atoms. The number of benzene rings is 1. The number of nitrogens with zero attached hydrogens (tertiary/aromatic N) is 1. The van der Waals surface area contributed by atoms with E-state index in [1.165, 1.54) is 0 Å². The van der Waals surface area contributed by atoms with Crippen molar-refractivity contribution in [2.75, 3.05) is 19.3 Å². The lowest BCUT2D eigenvalue weighted by atomic mass is 10.1. The Morgan fingerprint density at radius 2 is 2.10 bits per heavy atom. The molecule has 20 heavy (non-hydrogen) atoms. The molecule has 1 rings (SSSR count). The zero-order chi connectivity index (χ0) is 15.1. The van der Waals surface area contributed by atoms with E-state index in [9.17, 15) is 4.79 Å². The highest BCUT2D eigenvalue weighted by Gasteiger charge is 2.16. The Labute approximate surface area is 122 Å². The molecular formula is C16H27N3O.